The van der Waals surface area contributed by atoms with Crippen LogP contribution in [0.25, 0.3) is 0 Å². The predicted octanol–water partition coefficient (Wildman–Crippen LogP) is 1.92. The van der Waals surface area contributed by atoms with Crippen LogP contribution in [-0.4, -0.2) is 28.9 Å². The Labute approximate surface area is 113 Å². The van der Waals surface area contributed by atoms with E-state index in [1.165, 1.54) is 0 Å². The summed E-state index contributed by atoms with van der Waals surface area (Å²) in [7, 11) is 0. The van der Waals surface area contributed by atoms with Gasteiger partial charge in [0.2, 0.25) is 5.91 Å². The molecule has 2 N–H and O–H groups in total. The molecule has 1 aliphatic rings. The summed E-state index contributed by atoms with van der Waals surface area (Å²) in [5, 5.41) is 0. The molecule has 4 heteroatoms. The van der Waals surface area contributed by atoms with Crippen molar-refractivity contribution in [1.29, 1.82) is 0 Å². The average molecular weight is 262 g/mol. The zero-order chi connectivity index (χ0) is 13.1. The SMILES string of the molecule is CC1CC(=O)N(CC(C(N)=S)c2ccccc2)C1. The molecule has 96 valence electrons. The van der Waals surface area contributed by atoms with Gasteiger partial charge in [-0.1, -0.05) is 49.5 Å². The topological polar surface area (TPSA) is 46.3 Å². The number of amides is 1. The predicted molar refractivity (Wildman–Crippen MR) is 76.3 cm³/mol. The van der Waals surface area contributed by atoms with Crippen LogP contribution >= 0.6 is 12.2 Å². The number of nitrogens with zero attached hydrogens (tertiary/aromatic N) is 1. The van der Waals surface area contributed by atoms with Crippen molar-refractivity contribution in [3.05, 3.63) is 35.9 Å². The van der Waals surface area contributed by atoms with Crippen molar-refractivity contribution >= 4 is 23.1 Å². The Kier molecular flexibility index (Phi) is 3.97. The Hall–Kier alpha value is -1.42. The van der Waals surface area contributed by atoms with Gasteiger partial charge in [-0.3, -0.25) is 4.79 Å². The molecule has 0 spiro atoms. The molecule has 1 heterocycles. The van der Waals surface area contributed by atoms with Crippen molar-refractivity contribution in [2.24, 2.45) is 11.7 Å². The molecule has 2 unspecified atom stereocenters. The van der Waals surface area contributed by atoms with Gasteiger partial charge in [0.25, 0.3) is 0 Å². The highest BCUT2D eigenvalue weighted by atomic mass is 32.1. The number of likely N-dealkylation sites (tertiary alicyclic amines) is 1. The Balaban J connectivity index is 2.13. The van der Waals surface area contributed by atoms with Crippen molar-refractivity contribution in [3.63, 3.8) is 0 Å². The normalized spacial score (nSPS) is 21.1. The molecule has 1 aromatic carbocycles. The van der Waals surface area contributed by atoms with Crippen LogP contribution in [0.3, 0.4) is 0 Å². The molecular formula is C14H18N2OS. The Morgan fingerprint density at radius 1 is 1.50 bits per heavy atom. The van der Waals surface area contributed by atoms with E-state index in [4.69, 9.17) is 18.0 Å². The van der Waals surface area contributed by atoms with Gasteiger partial charge >= 0.3 is 0 Å². The highest BCUT2D eigenvalue weighted by Crippen LogP contribution is 2.23. The van der Waals surface area contributed by atoms with Crippen LogP contribution in [0.5, 0.6) is 0 Å². The maximum Gasteiger partial charge on any atom is 0.222 e. The summed E-state index contributed by atoms with van der Waals surface area (Å²) in [6.45, 7) is 3.50. The van der Waals surface area contributed by atoms with Crippen LogP contribution in [-0.2, 0) is 4.79 Å². The Morgan fingerprint density at radius 2 is 2.17 bits per heavy atom. The molecule has 0 aromatic heterocycles. The highest BCUT2D eigenvalue weighted by Gasteiger charge is 2.29. The monoisotopic (exact) mass is 262 g/mol. The lowest BCUT2D eigenvalue weighted by atomic mass is 9.98. The second-order valence-electron chi connectivity index (χ2n) is 4.97. The summed E-state index contributed by atoms with van der Waals surface area (Å²) in [5.41, 5.74) is 6.90. The number of rotatable bonds is 4. The standard InChI is InChI=1S/C14H18N2OS/c1-10-7-13(17)16(8-10)9-12(14(15)18)11-5-3-2-4-6-11/h2-6,10,12H,7-9H2,1H3,(H2,15,18). The Morgan fingerprint density at radius 3 is 2.67 bits per heavy atom. The third-order valence-electron chi connectivity index (χ3n) is 3.36. The van der Waals surface area contributed by atoms with E-state index in [0.29, 0.717) is 23.9 Å². The summed E-state index contributed by atoms with van der Waals surface area (Å²) >= 11 is 5.14. The first-order chi connectivity index (χ1) is 8.58. The number of nitrogens with two attached hydrogens (primary N) is 1. The van der Waals surface area contributed by atoms with Crippen molar-refractivity contribution < 1.29 is 4.79 Å². The summed E-state index contributed by atoms with van der Waals surface area (Å²) in [4.78, 5) is 14.1. The minimum absolute atomic E-state index is 0.0459. The summed E-state index contributed by atoms with van der Waals surface area (Å²) in [5.74, 6) is 0.593. The van der Waals surface area contributed by atoms with Crippen molar-refractivity contribution in [2.45, 2.75) is 19.3 Å². The van der Waals surface area contributed by atoms with Gasteiger partial charge in [-0.15, -0.1) is 0 Å². The Bertz CT molecular complexity index is 446. The molecule has 0 radical (unpaired) electrons. The second kappa shape index (κ2) is 5.48. The first kappa shape index (κ1) is 13.0. The van der Waals surface area contributed by atoms with E-state index >= 15 is 0 Å². The first-order valence-electron chi connectivity index (χ1n) is 6.20. The summed E-state index contributed by atoms with van der Waals surface area (Å²) in [6.07, 6.45) is 0.638. The van der Waals surface area contributed by atoms with E-state index in [2.05, 4.69) is 6.92 Å². The van der Waals surface area contributed by atoms with Gasteiger partial charge in [0.1, 0.15) is 0 Å². The fourth-order valence-electron chi connectivity index (χ4n) is 2.41. The van der Waals surface area contributed by atoms with Gasteiger partial charge < -0.3 is 10.6 Å². The number of hydrogen-bond acceptors (Lipinski definition) is 2. The number of carbonyl (C=O) groups is 1. The van der Waals surface area contributed by atoms with Gasteiger partial charge in [0.05, 0.1) is 10.9 Å². The zero-order valence-electron chi connectivity index (χ0n) is 10.5. The van der Waals surface area contributed by atoms with Gasteiger partial charge in [0, 0.05) is 19.5 Å². The van der Waals surface area contributed by atoms with E-state index < -0.39 is 0 Å². The van der Waals surface area contributed by atoms with Crippen LogP contribution in [0.2, 0.25) is 0 Å². The van der Waals surface area contributed by atoms with Crippen molar-refractivity contribution in [3.8, 4) is 0 Å². The fourth-order valence-corrected chi connectivity index (χ4v) is 2.62. The molecule has 2 atom stereocenters. The van der Waals surface area contributed by atoms with Crippen LogP contribution < -0.4 is 5.73 Å². The molecule has 0 bridgehead atoms. The first-order valence-corrected chi connectivity index (χ1v) is 6.60. The van der Waals surface area contributed by atoms with E-state index in [9.17, 15) is 4.79 Å². The number of hydrogen-bond donors (Lipinski definition) is 1. The molecule has 18 heavy (non-hydrogen) atoms. The minimum atomic E-state index is -0.0459. The lowest BCUT2D eigenvalue weighted by molar-refractivity contribution is -0.127. The van der Waals surface area contributed by atoms with Gasteiger partial charge in [-0.25, -0.2) is 0 Å². The number of thiocarbonyl (C=S) groups is 1. The fraction of sp³-hybridized carbons (Fsp3) is 0.429. The maximum absolute atomic E-state index is 11.8. The summed E-state index contributed by atoms with van der Waals surface area (Å²) in [6, 6.07) is 9.91. The van der Waals surface area contributed by atoms with Gasteiger partial charge in [-0.05, 0) is 11.5 Å². The van der Waals surface area contributed by atoms with E-state index in [1.54, 1.807) is 0 Å². The third-order valence-corrected chi connectivity index (χ3v) is 3.64. The zero-order valence-corrected chi connectivity index (χ0v) is 11.3. The van der Waals surface area contributed by atoms with Crippen molar-refractivity contribution in [2.75, 3.05) is 13.1 Å². The largest absolute Gasteiger partial charge is 0.393 e. The van der Waals surface area contributed by atoms with Crippen LogP contribution in [0.15, 0.2) is 30.3 Å². The smallest absolute Gasteiger partial charge is 0.222 e. The lowest BCUT2D eigenvalue weighted by Crippen LogP contribution is -2.35. The third kappa shape index (κ3) is 2.88. The number of benzene rings is 1. The molecule has 1 fully saturated rings. The van der Waals surface area contributed by atoms with E-state index in [0.717, 1.165) is 12.1 Å². The van der Waals surface area contributed by atoms with Gasteiger partial charge in [-0.2, -0.15) is 0 Å². The molecule has 0 aliphatic carbocycles. The molecule has 0 saturated carbocycles. The average Bonchev–Trinajstić information content (AvgIpc) is 2.65. The molecule has 3 nitrogen and oxygen atoms in total. The molecular weight excluding hydrogens is 244 g/mol. The minimum Gasteiger partial charge on any atom is -0.393 e. The summed E-state index contributed by atoms with van der Waals surface area (Å²) < 4.78 is 0. The molecule has 1 amide bonds. The molecule has 2 rings (SSSR count). The van der Waals surface area contributed by atoms with Crippen LogP contribution in [0.4, 0.5) is 0 Å². The van der Waals surface area contributed by atoms with E-state index in [-0.39, 0.29) is 11.8 Å². The van der Waals surface area contributed by atoms with Crippen molar-refractivity contribution in [1.82, 2.24) is 4.90 Å². The number of carbonyl (C=O) groups excluding carboxylic acids is 1. The quantitative estimate of drug-likeness (QED) is 0.843. The maximum atomic E-state index is 11.8. The second-order valence-corrected chi connectivity index (χ2v) is 5.45. The molecule has 1 aliphatic heterocycles. The van der Waals surface area contributed by atoms with Crippen LogP contribution in [0, 0.1) is 5.92 Å². The molecule has 1 saturated heterocycles. The lowest BCUT2D eigenvalue weighted by Gasteiger charge is -2.23. The highest BCUT2D eigenvalue weighted by molar-refractivity contribution is 7.80. The van der Waals surface area contributed by atoms with Crippen LogP contribution in [0.1, 0.15) is 24.8 Å². The van der Waals surface area contributed by atoms with Gasteiger partial charge in [0.15, 0.2) is 0 Å². The van der Waals surface area contributed by atoms with E-state index in [1.807, 2.05) is 35.2 Å². The molecule has 1 aromatic rings.